The average molecular weight is 365 g/mol. The summed E-state index contributed by atoms with van der Waals surface area (Å²) >= 11 is 5.95. The predicted octanol–water partition coefficient (Wildman–Crippen LogP) is 4.81. The Morgan fingerprint density at radius 1 is 0.962 bits per heavy atom. The van der Waals surface area contributed by atoms with Gasteiger partial charge in [-0.2, -0.15) is 15.1 Å². The first-order valence-electron chi connectivity index (χ1n) is 8.15. The fourth-order valence-electron chi connectivity index (χ4n) is 2.68. The van der Waals surface area contributed by atoms with E-state index < -0.39 is 0 Å². The average Bonchev–Trinajstić information content (AvgIpc) is 3.00. The number of anilines is 4. The molecule has 2 heterocycles. The van der Waals surface area contributed by atoms with Crippen LogP contribution in [0.15, 0.2) is 54.7 Å². The highest BCUT2D eigenvalue weighted by molar-refractivity contribution is 6.30. The minimum Gasteiger partial charge on any atom is -0.339 e. The number of aryl methyl sites for hydroxylation is 2. The van der Waals surface area contributed by atoms with E-state index >= 15 is 0 Å². The monoisotopic (exact) mass is 364 g/mol. The van der Waals surface area contributed by atoms with Crippen LogP contribution in [0.3, 0.4) is 0 Å². The molecular weight excluding hydrogens is 348 g/mol. The summed E-state index contributed by atoms with van der Waals surface area (Å²) < 4.78 is 1.73. The molecule has 7 heteroatoms. The number of nitrogens with one attached hydrogen (secondary N) is 2. The SMILES string of the molecule is Cc1ccccc1Nc1nc(Nc2ccc(Cl)cc2)nc2c1cnn2C. The van der Waals surface area contributed by atoms with Crippen LogP contribution < -0.4 is 10.6 Å². The highest BCUT2D eigenvalue weighted by Crippen LogP contribution is 2.27. The van der Waals surface area contributed by atoms with E-state index in [4.69, 9.17) is 11.6 Å². The van der Waals surface area contributed by atoms with E-state index in [1.54, 1.807) is 10.9 Å². The summed E-state index contributed by atoms with van der Waals surface area (Å²) in [6.45, 7) is 2.05. The van der Waals surface area contributed by atoms with Gasteiger partial charge in [-0.25, -0.2) is 0 Å². The topological polar surface area (TPSA) is 67.7 Å². The van der Waals surface area contributed by atoms with Gasteiger partial charge in [0.05, 0.1) is 11.6 Å². The van der Waals surface area contributed by atoms with Crippen LogP contribution >= 0.6 is 11.6 Å². The third-order valence-electron chi connectivity index (χ3n) is 4.09. The van der Waals surface area contributed by atoms with Crippen molar-refractivity contribution < 1.29 is 0 Å². The zero-order valence-electron chi connectivity index (χ0n) is 14.4. The zero-order valence-corrected chi connectivity index (χ0v) is 15.1. The summed E-state index contributed by atoms with van der Waals surface area (Å²) in [5.74, 6) is 1.19. The van der Waals surface area contributed by atoms with E-state index in [9.17, 15) is 0 Å². The van der Waals surface area contributed by atoms with Gasteiger partial charge in [-0.05, 0) is 42.8 Å². The molecule has 0 spiro atoms. The van der Waals surface area contributed by atoms with Gasteiger partial charge in [-0.3, -0.25) is 4.68 Å². The molecule has 0 unspecified atom stereocenters. The molecule has 0 bridgehead atoms. The van der Waals surface area contributed by atoms with Crippen molar-refractivity contribution in [2.45, 2.75) is 6.92 Å². The third kappa shape index (κ3) is 3.19. The third-order valence-corrected chi connectivity index (χ3v) is 4.34. The van der Waals surface area contributed by atoms with Gasteiger partial charge in [-0.15, -0.1) is 0 Å². The second-order valence-corrected chi connectivity index (χ2v) is 6.41. The number of hydrogen-bond acceptors (Lipinski definition) is 5. The minimum absolute atomic E-state index is 0.486. The van der Waals surface area contributed by atoms with Gasteiger partial charge in [0.25, 0.3) is 0 Å². The number of halogens is 1. The standard InChI is InChI=1S/C19H17ClN6/c1-12-5-3-4-6-16(12)23-17-15-11-21-26(2)18(15)25-19(24-17)22-14-9-7-13(20)8-10-14/h3-11H,1-2H3,(H2,22,23,24,25). The van der Waals surface area contributed by atoms with Crippen molar-refractivity contribution in [3.05, 3.63) is 65.3 Å². The molecule has 6 nitrogen and oxygen atoms in total. The van der Waals surface area contributed by atoms with Crippen molar-refractivity contribution in [2.75, 3.05) is 10.6 Å². The maximum absolute atomic E-state index is 5.95. The van der Waals surface area contributed by atoms with Gasteiger partial charge < -0.3 is 10.6 Å². The number of rotatable bonds is 4. The molecule has 4 aromatic rings. The molecule has 2 aromatic carbocycles. The summed E-state index contributed by atoms with van der Waals surface area (Å²) in [6, 6.07) is 15.5. The van der Waals surface area contributed by atoms with Gasteiger partial charge in [0.15, 0.2) is 5.65 Å². The Balaban J connectivity index is 1.76. The van der Waals surface area contributed by atoms with Crippen molar-refractivity contribution in [3.8, 4) is 0 Å². The summed E-state index contributed by atoms with van der Waals surface area (Å²) in [7, 11) is 1.86. The van der Waals surface area contributed by atoms with E-state index in [0.717, 1.165) is 28.0 Å². The molecule has 26 heavy (non-hydrogen) atoms. The van der Waals surface area contributed by atoms with E-state index in [-0.39, 0.29) is 0 Å². The number of nitrogens with zero attached hydrogens (tertiary/aromatic N) is 4. The number of hydrogen-bond donors (Lipinski definition) is 2. The quantitative estimate of drug-likeness (QED) is 0.543. The summed E-state index contributed by atoms with van der Waals surface area (Å²) in [5.41, 5.74) is 3.73. The fraction of sp³-hybridized carbons (Fsp3) is 0.105. The molecule has 2 N–H and O–H groups in total. The molecule has 0 fully saturated rings. The molecule has 2 aromatic heterocycles. The molecule has 0 amide bonds. The normalized spacial score (nSPS) is 10.9. The summed E-state index contributed by atoms with van der Waals surface area (Å²) in [4.78, 5) is 9.23. The second kappa shape index (κ2) is 6.65. The van der Waals surface area contributed by atoms with Crippen LogP contribution in [-0.2, 0) is 7.05 Å². The Hall–Kier alpha value is -3.12. The van der Waals surface area contributed by atoms with Crippen molar-refractivity contribution in [2.24, 2.45) is 7.05 Å². The number of aromatic nitrogens is 4. The van der Waals surface area contributed by atoms with Crippen LogP contribution in [-0.4, -0.2) is 19.7 Å². The Morgan fingerprint density at radius 3 is 2.50 bits per heavy atom. The van der Waals surface area contributed by atoms with Gasteiger partial charge in [-0.1, -0.05) is 29.8 Å². The van der Waals surface area contributed by atoms with Crippen molar-refractivity contribution in [1.82, 2.24) is 19.7 Å². The van der Waals surface area contributed by atoms with Crippen LogP contribution in [0.25, 0.3) is 11.0 Å². The molecule has 0 aliphatic heterocycles. The number of benzene rings is 2. The lowest BCUT2D eigenvalue weighted by molar-refractivity contribution is 0.786. The fourth-order valence-corrected chi connectivity index (χ4v) is 2.80. The van der Waals surface area contributed by atoms with E-state index in [2.05, 4.69) is 38.7 Å². The highest BCUT2D eigenvalue weighted by atomic mass is 35.5. The molecule has 130 valence electrons. The zero-order chi connectivity index (χ0) is 18.1. The lowest BCUT2D eigenvalue weighted by atomic mass is 10.2. The van der Waals surface area contributed by atoms with Crippen LogP contribution in [0, 0.1) is 6.92 Å². The largest absolute Gasteiger partial charge is 0.339 e. The Labute approximate surface area is 155 Å². The Bertz CT molecular complexity index is 1070. The van der Waals surface area contributed by atoms with Gasteiger partial charge in [0, 0.05) is 23.4 Å². The van der Waals surface area contributed by atoms with Crippen LogP contribution in [0.5, 0.6) is 0 Å². The first kappa shape index (κ1) is 16.4. The molecule has 4 rings (SSSR count). The van der Waals surface area contributed by atoms with Gasteiger partial charge >= 0.3 is 0 Å². The van der Waals surface area contributed by atoms with Gasteiger partial charge in [0.1, 0.15) is 5.82 Å². The van der Waals surface area contributed by atoms with Crippen molar-refractivity contribution in [3.63, 3.8) is 0 Å². The van der Waals surface area contributed by atoms with Crippen molar-refractivity contribution in [1.29, 1.82) is 0 Å². The van der Waals surface area contributed by atoms with E-state index in [0.29, 0.717) is 16.8 Å². The molecular formula is C19H17ClN6. The minimum atomic E-state index is 0.486. The smallest absolute Gasteiger partial charge is 0.231 e. The molecule has 0 saturated carbocycles. The molecule has 0 saturated heterocycles. The maximum Gasteiger partial charge on any atom is 0.231 e. The molecule has 0 aliphatic carbocycles. The molecule has 0 radical (unpaired) electrons. The van der Waals surface area contributed by atoms with Gasteiger partial charge in [0.2, 0.25) is 5.95 Å². The van der Waals surface area contributed by atoms with Crippen LogP contribution in [0.4, 0.5) is 23.1 Å². The summed E-state index contributed by atoms with van der Waals surface area (Å²) in [6.07, 6.45) is 1.77. The maximum atomic E-state index is 5.95. The number of para-hydroxylation sites is 1. The van der Waals surface area contributed by atoms with E-state index in [1.807, 2.05) is 49.5 Å². The first-order valence-corrected chi connectivity index (χ1v) is 8.53. The van der Waals surface area contributed by atoms with Crippen molar-refractivity contribution >= 4 is 45.8 Å². The lowest BCUT2D eigenvalue weighted by Crippen LogP contribution is -2.04. The Kier molecular flexibility index (Phi) is 4.18. The van der Waals surface area contributed by atoms with Crippen LogP contribution in [0.1, 0.15) is 5.56 Å². The second-order valence-electron chi connectivity index (χ2n) is 5.97. The first-order chi connectivity index (χ1) is 12.6. The number of fused-ring (bicyclic) bond motifs is 1. The Morgan fingerprint density at radius 2 is 1.73 bits per heavy atom. The van der Waals surface area contributed by atoms with Crippen LogP contribution in [0.2, 0.25) is 5.02 Å². The molecule has 0 aliphatic rings. The predicted molar refractivity (Wildman–Crippen MR) is 106 cm³/mol. The summed E-state index contributed by atoms with van der Waals surface area (Å²) in [5, 5.41) is 12.5. The van der Waals surface area contributed by atoms with E-state index in [1.165, 1.54) is 0 Å². The highest BCUT2D eigenvalue weighted by Gasteiger charge is 2.13. The molecule has 0 atom stereocenters. The lowest BCUT2D eigenvalue weighted by Gasteiger charge is -2.12.